The Morgan fingerprint density at radius 2 is 1.78 bits per heavy atom. The first-order valence-corrected chi connectivity index (χ1v) is 12.7. The second-order valence-electron chi connectivity index (χ2n) is 8.32. The number of ether oxygens (including phenoxy) is 3. The molecule has 188 valence electrons. The van der Waals surface area contributed by atoms with E-state index in [4.69, 9.17) is 14.2 Å². The predicted octanol–water partition coefficient (Wildman–Crippen LogP) is 3.63. The summed E-state index contributed by atoms with van der Waals surface area (Å²) in [6.07, 6.45) is 6.51. The Balaban J connectivity index is 1.59. The molecular formula is C27H29N3O5S. The molecule has 0 radical (unpaired) electrons. The van der Waals surface area contributed by atoms with Gasteiger partial charge in [-0.3, -0.25) is 9.59 Å². The minimum absolute atomic E-state index is 0.209. The molecule has 2 aromatic heterocycles. The summed E-state index contributed by atoms with van der Waals surface area (Å²) in [7, 11) is 3.18. The van der Waals surface area contributed by atoms with Gasteiger partial charge in [0, 0.05) is 6.42 Å². The van der Waals surface area contributed by atoms with E-state index in [9.17, 15) is 9.59 Å². The topological polar surface area (TPSA) is 92.0 Å². The SMILES string of the molecule is CCCCCCOc1ccc(C=c2sc3nc(=O)c(Cc4ccc(OC)cc4)nn3c2=O)cc1OC. The van der Waals surface area contributed by atoms with Gasteiger partial charge < -0.3 is 14.2 Å². The number of hydrogen-bond donors (Lipinski definition) is 0. The van der Waals surface area contributed by atoms with Gasteiger partial charge in [-0.2, -0.15) is 14.6 Å². The van der Waals surface area contributed by atoms with Crippen LogP contribution in [0.3, 0.4) is 0 Å². The molecule has 9 heteroatoms. The van der Waals surface area contributed by atoms with Crippen LogP contribution in [0.15, 0.2) is 52.1 Å². The highest BCUT2D eigenvalue weighted by Gasteiger charge is 2.12. The van der Waals surface area contributed by atoms with Crippen molar-refractivity contribution in [3.8, 4) is 17.2 Å². The van der Waals surface area contributed by atoms with Crippen molar-refractivity contribution in [1.82, 2.24) is 14.6 Å². The first-order valence-electron chi connectivity index (χ1n) is 11.9. The van der Waals surface area contributed by atoms with Gasteiger partial charge in [0.2, 0.25) is 4.96 Å². The molecule has 0 aliphatic carbocycles. The molecule has 0 N–H and O–H groups in total. The number of benzene rings is 2. The summed E-state index contributed by atoms with van der Waals surface area (Å²) in [5.41, 5.74) is 1.09. The minimum Gasteiger partial charge on any atom is -0.497 e. The molecular weight excluding hydrogens is 478 g/mol. The molecule has 0 saturated heterocycles. The van der Waals surface area contributed by atoms with Gasteiger partial charge in [-0.05, 0) is 47.9 Å². The second-order valence-corrected chi connectivity index (χ2v) is 9.33. The van der Waals surface area contributed by atoms with E-state index in [-0.39, 0.29) is 22.6 Å². The molecule has 0 bridgehead atoms. The maximum absolute atomic E-state index is 13.0. The fourth-order valence-electron chi connectivity index (χ4n) is 3.74. The summed E-state index contributed by atoms with van der Waals surface area (Å²) in [5.74, 6) is 1.99. The van der Waals surface area contributed by atoms with Crippen LogP contribution in [-0.4, -0.2) is 35.4 Å². The van der Waals surface area contributed by atoms with Crippen molar-refractivity contribution in [2.75, 3.05) is 20.8 Å². The molecule has 0 aliphatic rings. The van der Waals surface area contributed by atoms with Crippen molar-refractivity contribution in [3.05, 3.63) is 84.5 Å². The number of unbranched alkanes of at least 4 members (excludes halogenated alkanes) is 3. The molecule has 0 unspecified atom stereocenters. The number of aromatic nitrogens is 3. The lowest BCUT2D eigenvalue weighted by molar-refractivity contribution is 0.285. The average Bonchev–Trinajstić information content (AvgIpc) is 3.18. The van der Waals surface area contributed by atoms with Crippen molar-refractivity contribution >= 4 is 22.4 Å². The third-order valence-corrected chi connectivity index (χ3v) is 6.68. The largest absolute Gasteiger partial charge is 0.497 e. The lowest BCUT2D eigenvalue weighted by Gasteiger charge is -2.11. The molecule has 2 aromatic carbocycles. The maximum Gasteiger partial charge on any atom is 0.296 e. The van der Waals surface area contributed by atoms with Gasteiger partial charge in [0.15, 0.2) is 11.5 Å². The molecule has 0 aliphatic heterocycles. The molecule has 36 heavy (non-hydrogen) atoms. The number of methoxy groups -OCH3 is 2. The van der Waals surface area contributed by atoms with Gasteiger partial charge in [0.05, 0.1) is 25.4 Å². The molecule has 8 nitrogen and oxygen atoms in total. The van der Waals surface area contributed by atoms with Crippen LogP contribution in [0.2, 0.25) is 0 Å². The van der Waals surface area contributed by atoms with Crippen LogP contribution in [-0.2, 0) is 6.42 Å². The van der Waals surface area contributed by atoms with Crippen LogP contribution in [0.25, 0.3) is 11.0 Å². The Morgan fingerprint density at radius 1 is 0.972 bits per heavy atom. The standard InChI is InChI=1S/C27H29N3O5S/c1-4-5-6-7-14-35-22-13-10-19(16-23(22)34-3)17-24-26(32)30-27(36-24)28-25(31)21(29-30)15-18-8-11-20(33-2)12-9-18/h8-13,16-17H,4-7,14-15H2,1-3H3. The number of rotatable bonds is 11. The first-order chi connectivity index (χ1) is 17.5. The van der Waals surface area contributed by atoms with E-state index in [0.29, 0.717) is 22.6 Å². The van der Waals surface area contributed by atoms with Gasteiger partial charge in [0.1, 0.15) is 11.4 Å². The highest BCUT2D eigenvalue weighted by molar-refractivity contribution is 7.15. The Morgan fingerprint density at radius 3 is 2.50 bits per heavy atom. The number of fused-ring (bicyclic) bond motifs is 1. The fraction of sp³-hybridized carbons (Fsp3) is 0.333. The molecule has 0 atom stereocenters. The van der Waals surface area contributed by atoms with Crippen molar-refractivity contribution in [2.24, 2.45) is 0 Å². The Kier molecular flexibility index (Phi) is 8.32. The average molecular weight is 508 g/mol. The predicted molar refractivity (Wildman–Crippen MR) is 141 cm³/mol. The molecule has 0 amide bonds. The summed E-state index contributed by atoms with van der Waals surface area (Å²) >= 11 is 1.12. The monoisotopic (exact) mass is 507 g/mol. The van der Waals surface area contributed by atoms with Crippen molar-refractivity contribution < 1.29 is 14.2 Å². The second kappa shape index (κ2) is 11.8. The van der Waals surface area contributed by atoms with E-state index in [0.717, 1.165) is 41.1 Å². The van der Waals surface area contributed by atoms with E-state index >= 15 is 0 Å². The van der Waals surface area contributed by atoms with E-state index in [1.807, 2.05) is 42.5 Å². The Labute approximate surface area is 212 Å². The summed E-state index contributed by atoms with van der Waals surface area (Å²) in [4.78, 5) is 30.0. The van der Waals surface area contributed by atoms with Crippen molar-refractivity contribution in [1.29, 1.82) is 0 Å². The fourth-order valence-corrected chi connectivity index (χ4v) is 4.65. The number of nitrogens with zero attached hydrogens (tertiary/aromatic N) is 3. The first kappa shape index (κ1) is 25.4. The number of thiazole rings is 1. The van der Waals surface area contributed by atoms with Crippen LogP contribution >= 0.6 is 11.3 Å². The van der Waals surface area contributed by atoms with Crippen molar-refractivity contribution in [3.63, 3.8) is 0 Å². The van der Waals surface area contributed by atoms with Crippen LogP contribution in [0.1, 0.15) is 49.4 Å². The van der Waals surface area contributed by atoms with Gasteiger partial charge in [-0.15, -0.1) is 0 Å². The zero-order valence-electron chi connectivity index (χ0n) is 20.7. The quantitative estimate of drug-likeness (QED) is 0.286. The molecule has 2 heterocycles. The van der Waals surface area contributed by atoms with Gasteiger partial charge in [0.25, 0.3) is 11.1 Å². The molecule has 0 fully saturated rings. The Hall–Kier alpha value is -3.72. The van der Waals surface area contributed by atoms with E-state index in [1.54, 1.807) is 20.3 Å². The van der Waals surface area contributed by atoms with E-state index in [1.165, 1.54) is 17.4 Å². The zero-order chi connectivity index (χ0) is 25.5. The Bertz CT molecular complexity index is 1500. The molecule has 0 saturated carbocycles. The zero-order valence-corrected chi connectivity index (χ0v) is 21.5. The van der Waals surface area contributed by atoms with E-state index in [2.05, 4.69) is 17.0 Å². The summed E-state index contributed by atoms with van der Waals surface area (Å²) < 4.78 is 18.2. The van der Waals surface area contributed by atoms with Gasteiger partial charge in [-0.25, -0.2) is 0 Å². The van der Waals surface area contributed by atoms with Crippen LogP contribution < -0.4 is 29.9 Å². The highest BCUT2D eigenvalue weighted by Crippen LogP contribution is 2.28. The summed E-state index contributed by atoms with van der Waals surface area (Å²) in [6.45, 7) is 2.81. The molecule has 0 spiro atoms. The third kappa shape index (κ3) is 5.91. The third-order valence-electron chi connectivity index (χ3n) is 5.72. The van der Waals surface area contributed by atoms with Gasteiger partial charge >= 0.3 is 0 Å². The highest BCUT2D eigenvalue weighted by atomic mass is 32.1. The smallest absolute Gasteiger partial charge is 0.296 e. The lowest BCUT2D eigenvalue weighted by Crippen LogP contribution is -2.28. The van der Waals surface area contributed by atoms with E-state index < -0.39 is 5.56 Å². The normalized spacial score (nSPS) is 11.7. The van der Waals surface area contributed by atoms with Crippen LogP contribution in [0.5, 0.6) is 17.2 Å². The minimum atomic E-state index is -0.444. The molecule has 4 aromatic rings. The maximum atomic E-state index is 13.0. The summed E-state index contributed by atoms with van der Waals surface area (Å²) in [6, 6.07) is 12.9. The summed E-state index contributed by atoms with van der Waals surface area (Å²) in [5, 5.41) is 4.32. The van der Waals surface area contributed by atoms with Crippen LogP contribution in [0.4, 0.5) is 0 Å². The van der Waals surface area contributed by atoms with Crippen LogP contribution in [0, 0.1) is 0 Å². The molecule has 4 rings (SSSR count). The number of hydrogen-bond acceptors (Lipinski definition) is 8. The lowest BCUT2D eigenvalue weighted by atomic mass is 10.1. The van der Waals surface area contributed by atoms with Gasteiger partial charge in [-0.1, -0.05) is 55.7 Å². The van der Waals surface area contributed by atoms with Crippen molar-refractivity contribution in [2.45, 2.75) is 39.0 Å².